The molecular formula is C22H26N4O5S2. The molecule has 0 radical (unpaired) electrons. The van der Waals surface area contributed by atoms with Gasteiger partial charge in [0.05, 0.1) is 25.0 Å². The molecule has 0 fully saturated rings. The number of benzene rings is 1. The van der Waals surface area contributed by atoms with Gasteiger partial charge in [-0.2, -0.15) is 0 Å². The van der Waals surface area contributed by atoms with Crippen LogP contribution in [-0.2, 0) is 23.2 Å². The number of ether oxygens (including phenoxy) is 3. The Morgan fingerprint density at radius 1 is 1.15 bits per heavy atom. The van der Waals surface area contributed by atoms with Gasteiger partial charge in [0.15, 0.2) is 11.0 Å². The van der Waals surface area contributed by atoms with Crippen molar-refractivity contribution in [3.05, 3.63) is 46.1 Å². The van der Waals surface area contributed by atoms with Gasteiger partial charge >= 0.3 is 5.97 Å². The smallest absolute Gasteiger partial charge is 0.341 e. The minimum Gasteiger partial charge on any atom is -0.497 e. The highest BCUT2D eigenvalue weighted by atomic mass is 32.2. The zero-order valence-corrected chi connectivity index (χ0v) is 20.8. The summed E-state index contributed by atoms with van der Waals surface area (Å²) in [5.41, 5.74) is 1.23. The maximum absolute atomic E-state index is 12.6. The second-order valence-electron chi connectivity index (χ2n) is 6.97. The molecule has 0 aliphatic carbocycles. The standard InChI is InChI=1S/C22H26N4O5S2/c1-6-30-21(28)19-13(2)14(3)33-20(19)23-18(27)12-32-22-25-24-17(26(22)4)11-31-16-9-7-15(29-5)8-10-16/h7-10H,6,11-12H2,1-5H3,(H,23,27). The molecule has 0 bridgehead atoms. The van der Waals surface area contributed by atoms with E-state index in [2.05, 4.69) is 15.5 Å². The first-order valence-electron chi connectivity index (χ1n) is 10.2. The first-order chi connectivity index (χ1) is 15.8. The molecule has 0 saturated carbocycles. The molecule has 9 nitrogen and oxygen atoms in total. The van der Waals surface area contributed by atoms with E-state index in [9.17, 15) is 9.59 Å². The van der Waals surface area contributed by atoms with Crippen molar-refractivity contribution in [3.63, 3.8) is 0 Å². The number of amides is 1. The van der Waals surface area contributed by atoms with Crippen LogP contribution < -0.4 is 14.8 Å². The number of carbonyl (C=O) groups is 2. The number of aromatic nitrogens is 3. The van der Waals surface area contributed by atoms with Crippen LogP contribution in [0.4, 0.5) is 5.00 Å². The predicted octanol–water partition coefficient (Wildman–Crippen LogP) is 3.99. The van der Waals surface area contributed by atoms with Crippen LogP contribution in [0.25, 0.3) is 0 Å². The second kappa shape index (κ2) is 11.2. The lowest BCUT2D eigenvalue weighted by molar-refractivity contribution is -0.113. The quantitative estimate of drug-likeness (QED) is 0.336. The average molecular weight is 491 g/mol. The third-order valence-electron chi connectivity index (χ3n) is 4.80. The summed E-state index contributed by atoms with van der Waals surface area (Å²) in [5, 5.41) is 12.2. The summed E-state index contributed by atoms with van der Waals surface area (Å²) in [6.45, 7) is 6.00. The van der Waals surface area contributed by atoms with Crippen molar-refractivity contribution in [2.24, 2.45) is 7.05 Å². The number of esters is 1. The van der Waals surface area contributed by atoms with Crippen LogP contribution >= 0.6 is 23.1 Å². The topological polar surface area (TPSA) is 105 Å². The van der Waals surface area contributed by atoms with Crippen LogP contribution in [0.2, 0.25) is 0 Å². The molecule has 0 atom stereocenters. The Hall–Kier alpha value is -3.05. The Morgan fingerprint density at radius 2 is 1.85 bits per heavy atom. The molecule has 1 amide bonds. The van der Waals surface area contributed by atoms with Crippen LogP contribution in [0.3, 0.4) is 0 Å². The van der Waals surface area contributed by atoms with Gasteiger partial charge in [0, 0.05) is 11.9 Å². The summed E-state index contributed by atoms with van der Waals surface area (Å²) >= 11 is 2.61. The zero-order valence-electron chi connectivity index (χ0n) is 19.1. The molecule has 11 heteroatoms. The summed E-state index contributed by atoms with van der Waals surface area (Å²) in [6, 6.07) is 7.26. The lowest BCUT2D eigenvalue weighted by Gasteiger charge is -2.08. The van der Waals surface area contributed by atoms with E-state index >= 15 is 0 Å². The fourth-order valence-corrected chi connectivity index (χ4v) is 4.67. The Labute approximate surface area is 200 Å². The Balaban J connectivity index is 1.57. The maximum atomic E-state index is 12.6. The predicted molar refractivity (Wildman–Crippen MR) is 127 cm³/mol. The van der Waals surface area contributed by atoms with Crippen molar-refractivity contribution in [1.82, 2.24) is 14.8 Å². The lowest BCUT2D eigenvalue weighted by Crippen LogP contribution is -2.16. The van der Waals surface area contributed by atoms with E-state index in [1.165, 1.54) is 23.1 Å². The number of anilines is 1. The maximum Gasteiger partial charge on any atom is 0.341 e. The van der Waals surface area contributed by atoms with Crippen molar-refractivity contribution in [2.75, 3.05) is 24.8 Å². The van der Waals surface area contributed by atoms with Gasteiger partial charge in [-0.3, -0.25) is 4.79 Å². The van der Waals surface area contributed by atoms with E-state index in [0.717, 1.165) is 16.2 Å². The number of hydrogen-bond donors (Lipinski definition) is 1. The number of hydrogen-bond acceptors (Lipinski definition) is 9. The van der Waals surface area contributed by atoms with Crippen LogP contribution in [0.5, 0.6) is 11.5 Å². The molecule has 33 heavy (non-hydrogen) atoms. The van der Waals surface area contributed by atoms with Crippen LogP contribution in [0.1, 0.15) is 33.5 Å². The average Bonchev–Trinajstić information content (AvgIpc) is 3.29. The number of nitrogens with one attached hydrogen (secondary N) is 1. The second-order valence-corrected chi connectivity index (χ2v) is 9.13. The number of nitrogens with zero attached hydrogens (tertiary/aromatic N) is 3. The zero-order chi connectivity index (χ0) is 24.0. The van der Waals surface area contributed by atoms with Crippen molar-refractivity contribution < 1.29 is 23.8 Å². The minimum absolute atomic E-state index is 0.115. The van der Waals surface area contributed by atoms with Crippen molar-refractivity contribution in [2.45, 2.75) is 32.5 Å². The van der Waals surface area contributed by atoms with E-state index in [0.29, 0.717) is 27.3 Å². The van der Waals surface area contributed by atoms with Gasteiger partial charge in [-0.15, -0.1) is 21.5 Å². The highest BCUT2D eigenvalue weighted by molar-refractivity contribution is 7.99. The molecule has 2 aromatic heterocycles. The molecule has 1 N–H and O–H groups in total. The Morgan fingerprint density at radius 3 is 2.52 bits per heavy atom. The molecule has 1 aromatic carbocycles. The molecule has 3 aromatic rings. The Bertz CT molecular complexity index is 1120. The summed E-state index contributed by atoms with van der Waals surface area (Å²) in [7, 11) is 3.43. The van der Waals surface area contributed by atoms with Crippen LogP contribution in [0.15, 0.2) is 29.4 Å². The molecule has 0 unspecified atom stereocenters. The summed E-state index contributed by atoms with van der Waals surface area (Å²) in [4.78, 5) is 25.8. The van der Waals surface area contributed by atoms with Gasteiger partial charge < -0.3 is 24.1 Å². The molecule has 2 heterocycles. The first-order valence-corrected chi connectivity index (χ1v) is 12.0. The van der Waals surface area contributed by atoms with Gasteiger partial charge in [0.1, 0.15) is 23.1 Å². The molecule has 0 aliphatic heterocycles. The van der Waals surface area contributed by atoms with E-state index < -0.39 is 5.97 Å². The van der Waals surface area contributed by atoms with Crippen molar-refractivity contribution in [1.29, 1.82) is 0 Å². The number of rotatable bonds is 10. The summed E-state index contributed by atoms with van der Waals surface area (Å²) in [6.07, 6.45) is 0. The number of thiophene rings is 1. The van der Waals surface area contributed by atoms with E-state index in [1.54, 1.807) is 18.6 Å². The number of aryl methyl sites for hydroxylation is 1. The molecule has 176 valence electrons. The van der Waals surface area contributed by atoms with Crippen LogP contribution in [-0.4, -0.2) is 46.1 Å². The Kier molecular flexibility index (Phi) is 8.34. The van der Waals surface area contributed by atoms with Crippen molar-refractivity contribution in [3.8, 4) is 11.5 Å². The number of carbonyl (C=O) groups excluding carboxylic acids is 2. The van der Waals surface area contributed by atoms with E-state index in [-0.39, 0.29) is 24.9 Å². The van der Waals surface area contributed by atoms with Crippen molar-refractivity contribution >= 4 is 40.0 Å². The van der Waals surface area contributed by atoms with Crippen LogP contribution in [0, 0.1) is 13.8 Å². The van der Waals surface area contributed by atoms with Gasteiger partial charge in [0.25, 0.3) is 0 Å². The monoisotopic (exact) mass is 490 g/mol. The highest BCUT2D eigenvalue weighted by Crippen LogP contribution is 2.33. The molecule has 3 rings (SSSR count). The largest absolute Gasteiger partial charge is 0.497 e. The SMILES string of the molecule is CCOC(=O)c1c(NC(=O)CSc2nnc(COc3ccc(OC)cc3)n2C)sc(C)c1C. The molecule has 0 saturated heterocycles. The third kappa shape index (κ3) is 6.05. The van der Waals surface area contributed by atoms with E-state index in [4.69, 9.17) is 14.2 Å². The normalized spacial score (nSPS) is 10.7. The lowest BCUT2D eigenvalue weighted by atomic mass is 10.1. The third-order valence-corrected chi connectivity index (χ3v) is 6.95. The molecular weight excluding hydrogens is 464 g/mol. The fraction of sp³-hybridized carbons (Fsp3) is 0.364. The highest BCUT2D eigenvalue weighted by Gasteiger charge is 2.22. The minimum atomic E-state index is -0.433. The van der Waals surface area contributed by atoms with Gasteiger partial charge in [-0.25, -0.2) is 4.79 Å². The summed E-state index contributed by atoms with van der Waals surface area (Å²) in [5.74, 6) is 1.50. The first kappa shape index (κ1) is 24.6. The van der Waals surface area contributed by atoms with Gasteiger partial charge in [0.2, 0.25) is 5.91 Å². The van der Waals surface area contributed by atoms with E-state index in [1.807, 2.05) is 45.2 Å². The molecule has 0 spiro atoms. The van der Waals surface area contributed by atoms with Gasteiger partial charge in [-0.1, -0.05) is 11.8 Å². The summed E-state index contributed by atoms with van der Waals surface area (Å²) < 4.78 is 17.8. The number of thioether (sulfide) groups is 1. The number of methoxy groups -OCH3 is 1. The fourth-order valence-electron chi connectivity index (χ4n) is 2.87. The molecule has 0 aliphatic rings. The van der Waals surface area contributed by atoms with Gasteiger partial charge in [-0.05, 0) is 50.6 Å².